The molecule has 0 unspecified atom stereocenters. The molecule has 0 fully saturated rings. The van der Waals surface area contributed by atoms with Gasteiger partial charge in [0.25, 0.3) is 0 Å². The molecule has 2 rings (SSSR count). The quantitative estimate of drug-likeness (QED) is 0.854. The van der Waals surface area contributed by atoms with Crippen LogP contribution in [0, 0.1) is 0 Å². The molecular formula is C17H20O2. The first kappa shape index (κ1) is 13.6. The molecule has 2 heteroatoms. The lowest BCUT2D eigenvalue weighted by Crippen LogP contribution is -1.94. The van der Waals surface area contributed by atoms with Crippen LogP contribution in [0.1, 0.15) is 37.5 Å². The van der Waals surface area contributed by atoms with Crippen molar-refractivity contribution in [2.75, 3.05) is 0 Å². The number of hydrogen-bond donors (Lipinski definition) is 1. The molecule has 1 atom stereocenters. The average molecular weight is 256 g/mol. The monoisotopic (exact) mass is 256 g/mol. The number of aliphatic hydroxyl groups excluding tert-OH is 1. The predicted octanol–water partition coefficient (Wildman–Crippen LogP) is 4.48. The Labute approximate surface area is 114 Å². The van der Waals surface area contributed by atoms with Gasteiger partial charge in [-0.3, -0.25) is 0 Å². The highest BCUT2D eigenvalue weighted by molar-refractivity contribution is 5.35. The minimum Gasteiger partial charge on any atom is -0.457 e. The van der Waals surface area contributed by atoms with Crippen LogP contribution in [0.2, 0.25) is 0 Å². The molecule has 0 amide bonds. The molecule has 2 aromatic rings. The molecule has 19 heavy (non-hydrogen) atoms. The molecule has 0 saturated heterocycles. The molecule has 0 aliphatic carbocycles. The third kappa shape index (κ3) is 3.58. The summed E-state index contributed by atoms with van der Waals surface area (Å²) < 4.78 is 5.76. The van der Waals surface area contributed by atoms with E-state index in [0.717, 1.165) is 29.9 Å². The fourth-order valence-corrected chi connectivity index (χ4v) is 1.92. The van der Waals surface area contributed by atoms with E-state index in [1.165, 1.54) is 5.56 Å². The van der Waals surface area contributed by atoms with Crippen LogP contribution in [0.15, 0.2) is 48.5 Å². The van der Waals surface area contributed by atoms with Crippen LogP contribution in [0.5, 0.6) is 11.5 Å². The van der Waals surface area contributed by atoms with E-state index in [9.17, 15) is 5.11 Å². The lowest BCUT2D eigenvalue weighted by atomic mass is 10.1. The van der Waals surface area contributed by atoms with Crippen molar-refractivity contribution in [2.24, 2.45) is 0 Å². The summed E-state index contributed by atoms with van der Waals surface area (Å²) in [6.07, 6.45) is 1.36. The summed E-state index contributed by atoms with van der Waals surface area (Å²) in [7, 11) is 0. The maximum atomic E-state index is 9.73. The highest BCUT2D eigenvalue weighted by Crippen LogP contribution is 2.24. The van der Waals surface area contributed by atoms with Gasteiger partial charge in [-0.2, -0.15) is 0 Å². The first-order valence-electron chi connectivity index (χ1n) is 6.77. The maximum Gasteiger partial charge on any atom is 0.127 e. The van der Waals surface area contributed by atoms with Crippen molar-refractivity contribution in [3.8, 4) is 11.5 Å². The second-order valence-electron chi connectivity index (χ2n) is 4.59. The molecule has 100 valence electrons. The number of rotatable bonds is 5. The van der Waals surface area contributed by atoms with Crippen LogP contribution in [0.4, 0.5) is 0 Å². The molecule has 2 aromatic carbocycles. The van der Waals surface area contributed by atoms with Crippen LogP contribution in [-0.2, 0) is 6.42 Å². The van der Waals surface area contributed by atoms with E-state index in [0.29, 0.717) is 0 Å². The molecular weight excluding hydrogens is 236 g/mol. The van der Waals surface area contributed by atoms with Crippen molar-refractivity contribution < 1.29 is 9.84 Å². The molecule has 0 aliphatic heterocycles. The number of hydrogen-bond acceptors (Lipinski definition) is 2. The molecule has 0 saturated carbocycles. The van der Waals surface area contributed by atoms with E-state index in [4.69, 9.17) is 4.74 Å². The summed E-state index contributed by atoms with van der Waals surface area (Å²) in [6.45, 7) is 4.10. The van der Waals surface area contributed by atoms with Crippen molar-refractivity contribution in [1.82, 2.24) is 0 Å². The van der Waals surface area contributed by atoms with Gasteiger partial charge in [0, 0.05) is 0 Å². The van der Waals surface area contributed by atoms with Crippen molar-refractivity contribution >= 4 is 0 Å². The molecule has 0 aliphatic rings. The molecule has 0 heterocycles. The number of aliphatic hydroxyl groups is 1. The van der Waals surface area contributed by atoms with Crippen molar-refractivity contribution in [1.29, 1.82) is 0 Å². The first-order valence-corrected chi connectivity index (χ1v) is 6.77. The van der Waals surface area contributed by atoms with E-state index in [2.05, 4.69) is 19.1 Å². The minimum absolute atomic E-state index is 0.391. The zero-order valence-corrected chi connectivity index (χ0v) is 11.5. The van der Waals surface area contributed by atoms with E-state index in [1.807, 2.05) is 43.3 Å². The van der Waals surface area contributed by atoms with Crippen LogP contribution >= 0.6 is 0 Å². The van der Waals surface area contributed by atoms with Gasteiger partial charge in [-0.25, -0.2) is 0 Å². The van der Waals surface area contributed by atoms with E-state index < -0.39 is 6.10 Å². The summed E-state index contributed by atoms with van der Waals surface area (Å²) in [5.41, 5.74) is 2.23. The van der Waals surface area contributed by atoms with Gasteiger partial charge in [0.05, 0.1) is 6.10 Å². The minimum atomic E-state index is -0.391. The summed E-state index contributed by atoms with van der Waals surface area (Å²) in [6, 6.07) is 15.7. The average Bonchev–Trinajstić information content (AvgIpc) is 2.48. The number of aryl methyl sites for hydroxylation is 1. The van der Waals surface area contributed by atoms with Gasteiger partial charge in [-0.15, -0.1) is 0 Å². The standard InChI is InChI=1S/C17H20O2/c1-3-13-5-9-15(10-6-13)19-16-11-7-14(8-12-16)17(18)4-2/h5-12,17-18H,3-4H2,1-2H3/t17-/m0/s1. The Morgan fingerprint density at radius 3 is 1.89 bits per heavy atom. The summed E-state index contributed by atoms with van der Waals surface area (Å²) in [5.74, 6) is 1.62. The zero-order chi connectivity index (χ0) is 13.7. The molecule has 2 nitrogen and oxygen atoms in total. The molecule has 0 aromatic heterocycles. The smallest absolute Gasteiger partial charge is 0.127 e. The van der Waals surface area contributed by atoms with Crippen LogP contribution < -0.4 is 4.74 Å². The highest BCUT2D eigenvalue weighted by atomic mass is 16.5. The maximum absolute atomic E-state index is 9.73. The molecule has 0 radical (unpaired) electrons. The first-order chi connectivity index (χ1) is 9.22. The highest BCUT2D eigenvalue weighted by Gasteiger charge is 2.04. The molecule has 0 spiro atoms. The van der Waals surface area contributed by atoms with E-state index in [-0.39, 0.29) is 0 Å². The van der Waals surface area contributed by atoms with Crippen molar-refractivity contribution in [2.45, 2.75) is 32.8 Å². The second kappa shape index (κ2) is 6.39. The summed E-state index contributed by atoms with van der Waals surface area (Å²) in [5, 5.41) is 9.73. The topological polar surface area (TPSA) is 29.5 Å². The van der Waals surface area contributed by atoms with Crippen molar-refractivity contribution in [3.63, 3.8) is 0 Å². The normalized spacial score (nSPS) is 12.2. The third-order valence-electron chi connectivity index (χ3n) is 3.22. The van der Waals surface area contributed by atoms with Gasteiger partial charge < -0.3 is 9.84 Å². The lowest BCUT2D eigenvalue weighted by Gasteiger charge is -2.10. The Kier molecular flexibility index (Phi) is 4.58. The Hall–Kier alpha value is -1.80. The largest absolute Gasteiger partial charge is 0.457 e. The molecule has 1 N–H and O–H groups in total. The Balaban J connectivity index is 2.06. The van der Waals surface area contributed by atoms with Gasteiger partial charge in [-0.05, 0) is 48.2 Å². The lowest BCUT2D eigenvalue weighted by molar-refractivity contribution is 0.173. The number of ether oxygens (including phenoxy) is 1. The Bertz CT molecular complexity index is 500. The van der Waals surface area contributed by atoms with Gasteiger partial charge in [0.1, 0.15) is 11.5 Å². The van der Waals surface area contributed by atoms with Gasteiger partial charge in [0.2, 0.25) is 0 Å². The summed E-state index contributed by atoms with van der Waals surface area (Å²) >= 11 is 0. The Morgan fingerprint density at radius 2 is 1.42 bits per heavy atom. The predicted molar refractivity (Wildman–Crippen MR) is 77.6 cm³/mol. The van der Waals surface area contributed by atoms with Gasteiger partial charge in [0.15, 0.2) is 0 Å². The van der Waals surface area contributed by atoms with Gasteiger partial charge in [-0.1, -0.05) is 38.1 Å². The third-order valence-corrected chi connectivity index (χ3v) is 3.22. The van der Waals surface area contributed by atoms with E-state index in [1.54, 1.807) is 0 Å². The van der Waals surface area contributed by atoms with Crippen LogP contribution in [0.25, 0.3) is 0 Å². The Morgan fingerprint density at radius 1 is 0.895 bits per heavy atom. The van der Waals surface area contributed by atoms with E-state index >= 15 is 0 Å². The SMILES string of the molecule is CCc1ccc(Oc2ccc([C@@H](O)CC)cc2)cc1. The second-order valence-corrected chi connectivity index (χ2v) is 4.59. The van der Waals surface area contributed by atoms with Gasteiger partial charge >= 0.3 is 0 Å². The summed E-state index contributed by atoms with van der Waals surface area (Å²) in [4.78, 5) is 0. The number of benzene rings is 2. The van der Waals surface area contributed by atoms with Crippen LogP contribution in [-0.4, -0.2) is 5.11 Å². The molecule has 0 bridgehead atoms. The fourth-order valence-electron chi connectivity index (χ4n) is 1.92. The fraction of sp³-hybridized carbons (Fsp3) is 0.294. The van der Waals surface area contributed by atoms with Crippen LogP contribution in [0.3, 0.4) is 0 Å². The van der Waals surface area contributed by atoms with Crippen molar-refractivity contribution in [3.05, 3.63) is 59.7 Å². The zero-order valence-electron chi connectivity index (χ0n) is 11.5.